The van der Waals surface area contributed by atoms with Gasteiger partial charge in [-0.3, -0.25) is 4.79 Å². The summed E-state index contributed by atoms with van der Waals surface area (Å²) >= 11 is 0. The highest BCUT2D eigenvalue weighted by Gasteiger charge is 2.05. The maximum atomic E-state index is 10.4. The molecule has 1 aromatic rings. The van der Waals surface area contributed by atoms with E-state index in [1.165, 1.54) is 12.5 Å². The van der Waals surface area contributed by atoms with Gasteiger partial charge in [0.25, 0.3) is 0 Å². The SMILES string of the molecule is O=CNCCn1cnc(C(=O)O)c1. The molecule has 0 aliphatic rings. The van der Waals surface area contributed by atoms with Crippen molar-refractivity contribution in [2.45, 2.75) is 6.54 Å². The van der Waals surface area contributed by atoms with Gasteiger partial charge in [-0.05, 0) is 0 Å². The van der Waals surface area contributed by atoms with Gasteiger partial charge in [0.1, 0.15) is 0 Å². The van der Waals surface area contributed by atoms with Crippen LogP contribution in [0.1, 0.15) is 10.5 Å². The van der Waals surface area contributed by atoms with E-state index in [9.17, 15) is 9.59 Å². The first kappa shape index (κ1) is 9.24. The molecule has 6 nitrogen and oxygen atoms in total. The third kappa shape index (κ3) is 2.58. The number of carbonyl (C=O) groups excluding carboxylic acids is 1. The summed E-state index contributed by atoms with van der Waals surface area (Å²) in [6.07, 6.45) is 3.42. The molecular weight excluding hydrogens is 174 g/mol. The number of carbonyl (C=O) groups is 2. The number of nitrogens with one attached hydrogen (secondary N) is 1. The number of aromatic carboxylic acids is 1. The lowest BCUT2D eigenvalue weighted by molar-refractivity contribution is -0.109. The van der Waals surface area contributed by atoms with Crippen LogP contribution in [-0.2, 0) is 11.3 Å². The maximum absolute atomic E-state index is 10.4. The third-order valence-corrected chi connectivity index (χ3v) is 1.45. The van der Waals surface area contributed by atoms with Crippen LogP contribution in [0.2, 0.25) is 0 Å². The summed E-state index contributed by atoms with van der Waals surface area (Å²) in [6.45, 7) is 0.970. The fourth-order valence-electron chi connectivity index (χ4n) is 0.845. The molecule has 0 atom stereocenters. The summed E-state index contributed by atoms with van der Waals surface area (Å²) in [4.78, 5) is 23.9. The molecule has 0 bridgehead atoms. The lowest BCUT2D eigenvalue weighted by Crippen LogP contribution is -2.17. The zero-order valence-electron chi connectivity index (χ0n) is 6.80. The van der Waals surface area contributed by atoms with E-state index in [-0.39, 0.29) is 5.69 Å². The van der Waals surface area contributed by atoms with Crippen molar-refractivity contribution in [2.24, 2.45) is 0 Å². The molecule has 0 aliphatic heterocycles. The Balaban J connectivity index is 2.49. The molecule has 0 fully saturated rings. The van der Waals surface area contributed by atoms with Gasteiger partial charge in [0.2, 0.25) is 6.41 Å². The molecule has 0 spiro atoms. The molecule has 70 valence electrons. The first-order valence-corrected chi connectivity index (χ1v) is 3.66. The van der Waals surface area contributed by atoms with Crippen molar-refractivity contribution in [2.75, 3.05) is 6.54 Å². The molecule has 1 amide bonds. The monoisotopic (exact) mass is 183 g/mol. The van der Waals surface area contributed by atoms with Gasteiger partial charge < -0.3 is 15.0 Å². The zero-order valence-corrected chi connectivity index (χ0v) is 6.80. The van der Waals surface area contributed by atoms with Crippen LogP contribution in [0.4, 0.5) is 0 Å². The van der Waals surface area contributed by atoms with Crippen molar-refractivity contribution in [1.82, 2.24) is 14.9 Å². The molecule has 0 saturated carbocycles. The Kier molecular flexibility index (Phi) is 3.02. The number of rotatable bonds is 5. The van der Waals surface area contributed by atoms with Crippen LogP contribution in [0.5, 0.6) is 0 Å². The van der Waals surface area contributed by atoms with Gasteiger partial charge in [-0.15, -0.1) is 0 Å². The van der Waals surface area contributed by atoms with E-state index < -0.39 is 5.97 Å². The van der Waals surface area contributed by atoms with Crippen molar-refractivity contribution in [3.8, 4) is 0 Å². The fourth-order valence-corrected chi connectivity index (χ4v) is 0.845. The van der Waals surface area contributed by atoms with Crippen LogP contribution in [0.15, 0.2) is 12.5 Å². The van der Waals surface area contributed by atoms with E-state index in [2.05, 4.69) is 10.3 Å². The predicted molar refractivity (Wildman–Crippen MR) is 43.3 cm³/mol. The number of hydrogen-bond acceptors (Lipinski definition) is 3. The fraction of sp³-hybridized carbons (Fsp3) is 0.286. The third-order valence-electron chi connectivity index (χ3n) is 1.45. The molecule has 1 heterocycles. The van der Waals surface area contributed by atoms with E-state index in [0.29, 0.717) is 19.5 Å². The molecule has 0 radical (unpaired) electrons. The second-order valence-electron chi connectivity index (χ2n) is 2.37. The number of aromatic nitrogens is 2. The average Bonchev–Trinajstić information content (AvgIpc) is 2.53. The van der Waals surface area contributed by atoms with Crippen molar-refractivity contribution >= 4 is 12.4 Å². The van der Waals surface area contributed by atoms with Gasteiger partial charge in [-0.1, -0.05) is 0 Å². The predicted octanol–water partition coefficient (Wildman–Crippen LogP) is -0.673. The van der Waals surface area contributed by atoms with E-state index >= 15 is 0 Å². The summed E-state index contributed by atoms with van der Waals surface area (Å²) < 4.78 is 1.60. The van der Waals surface area contributed by atoms with E-state index in [0.717, 1.165) is 0 Å². The minimum absolute atomic E-state index is 0.00565. The lowest BCUT2D eigenvalue weighted by Gasteiger charge is -1.98. The van der Waals surface area contributed by atoms with Crippen molar-refractivity contribution in [3.63, 3.8) is 0 Å². The average molecular weight is 183 g/mol. The largest absolute Gasteiger partial charge is 0.476 e. The zero-order chi connectivity index (χ0) is 9.68. The Hall–Kier alpha value is -1.85. The van der Waals surface area contributed by atoms with Gasteiger partial charge in [0.05, 0.1) is 6.33 Å². The molecule has 0 aliphatic carbocycles. The molecule has 1 aromatic heterocycles. The first-order chi connectivity index (χ1) is 6.24. The molecular formula is C7H9N3O3. The summed E-state index contributed by atoms with van der Waals surface area (Å²) in [5, 5.41) is 11.0. The Bertz CT molecular complexity index is 308. The van der Waals surface area contributed by atoms with Crippen LogP contribution >= 0.6 is 0 Å². The van der Waals surface area contributed by atoms with Gasteiger partial charge in [0.15, 0.2) is 5.69 Å². The molecule has 6 heteroatoms. The smallest absolute Gasteiger partial charge is 0.356 e. The topological polar surface area (TPSA) is 84.2 Å². The molecule has 13 heavy (non-hydrogen) atoms. The molecule has 2 N–H and O–H groups in total. The summed E-state index contributed by atoms with van der Waals surface area (Å²) in [5.74, 6) is -1.05. The van der Waals surface area contributed by atoms with Gasteiger partial charge in [-0.2, -0.15) is 0 Å². The van der Waals surface area contributed by atoms with E-state index in [4.69, 9.17) is 5.11 Å². The minimum Gasteiger partial charge on any atom is -0.476 e. The number of carboxylic acids is 1. The Morgan fingerprint density at radius 1 is 1.77 bits per heavy atom. The van der Waals surface area contributed by atoms with Crippen LogP contribution in [0, 0.1) is 0 Å². The molecule has 0 unspecified atom stereocenters. The van der Waals surface area contributed by atoms with Crippen molar-refractivity contribution in [1.29, 1.82) is 0 Å². The van der Waals surface area contributed by atoms with E-state index in [1.54, 1.807) is 4.57 Å². The van der Waals surface area contributed by atoms with Crippen LogP contribution in [0.25, 0.3) is 0 Å². The van der Waals surface area contributed by atoms with Crippen LogP contribution in [0.3, 0.4) is 0 Å². The summed E-state index contributed by atoms with van der Waals surface area (Å²) in [5.41, 5.74) is 0.00565. The Morgan fingerprint density at radius 2 is 2.54 bits per heavy atom. The number of nitrogens with zero attached hydrogens (tertiary/aromatic N) is 2. The standard InChI is InChI=1S/C7H9N3O3/c11-5-8-1-2-10-3-6(7(12)13)9-4-10/h3-5H,1-2H2,(H,8,11)(H,12,13). The minimum atomic E-state index is -1.05. The van der Waals surface area contributed by atoms with Crippen LogP contribution in [-0.4, -0.2) is 33.6 Å². The molecule has 1 rings (SSSR count). The number of hydrogen-bond donors (Lipinski definition) is 2. The van der Waals surface area contributed by atoms with Crippen molar-refractivity contribution < 1.29 is 14.7 Å². The quantitative estimate of drug-likeness (QED) is 0.468. The van der Waals surface area contributed by atoms with Gasteiger partial charge >= 0.3 is 5.97 Å². The lowest BCUT2D eigenvalue weighted by atomic mass is 10.5. The molecule has 0 aromatic carbocycles. The number of amides is 1. The van der Waals surface area contributed by atoms with Gasteiger partial charge in [0, 0.05) is 19.3 Å². The second-order valence-corrected chi connectivity index (χ2v) is 2.37. The number of imidazole rings is 1. The maximum Gasteiger partial charge on any atom is 0.356 e. The highest BCUT2D eigenvalue weighted by Crippen LogP contribution is 1.94. The summed E-state index contributed by atoms with van der Waals surface area (Å²) in [7, 11) is 0. The van der Waals surface area contributed by atoms with Crippen LogP contribution < -0.4 is 5.32 Å². The van der Waals surface area contributed by atoms with Gasteiger partial charge in [-0.25, -0.2) is 9.78 Å². The molecule has 0 saturated heterocycles. The van der Waals surface area contributed by atoms with E-state index in [1.807, 2.05) is 0 Å². The Morgan fingerprint density at radius 3 is 3.08 bits per heavy atom. The second kappa shape index (κ2) is 4.24. The highest BCUT2D eigenvalue weighted by molar-refractivity contribution is 5.84. The first-order valence-electron chi connectivity index (χ1n) is 3.66. The normalized spacial score (nSPS) is 9.54. The van der Waals surface area contributed by atoms with Crippen molar-refractivity contribution in [3.05, 3.63) is 18.2 Å². The Labute approximate surface area is 74.2 Å². The highest BCUT2D eigenvalue weighted by atomic mass is 16.4. The number of carboxylic acid groups (broad SMARTS) is 1. The summed E-state index contributed by atoms with van der Waals surface area (Å²) in [6, 6.07) is 0.